The molecule has 1 atom stereocenters. The van der Waals surface area contributed by atoms with Gasteiger partial charge in [0.25, 0.3) is 0 Å². The number of aryl methyl sites for hydroxylation is 1. The van der Waals surface area contributed by atoms with Crippen LogP contribution in [0.1, 0.15) is 34.8 Å². The summed E-state index contributed by atoms with van der Waals surface area (Å²) in [6.45, 7) is 5.18. The number of rotatable bonds is 5. The summed E-state index contributed by atoms with van der Waals surface area (Å²) in [4.78, 5) is 5.58. The Morgan fingerprint density at radius 1 is 1.44 bits per heavy atom. The molecule has 0 aliphatic rings. The monoisotopic (exact) mass is 280 g/mol. The second-order valence-electron chi connectivity index (χ2n) is 4.22. The van der Waals surface area contributed by atoms with E-state index in [9.17, 15) is 0 Å². The van der Waals surface area contributed by atoms with Gasteiger partial charge < -0.3 is 5.32 Å². The fraction of sp³-hybridized carbons (Fsp3) is 0.357. The second-order valence-corrected chi connectivity index (χ2v) is 5.93. The topological polar surface area (TPSA) is 24.9 Å². The molecule has 2 aromatic rings. The molecule has 18 heavy (non-hydrogen) atoms. The number of hydrogen-bond donors (Lipinski definition) is 1. The molecule has 0 aliphatic heterocycles. The van der Waals surface area contributed by atoms with Gasteiger partial charge in [0.2, 0.25) is 0 Å². The fourth-order valence-electron chi connectivity index (χ4n) is 1.87. The van der Waals surface area contributed by atoms with Crippen molar-refractivity contribution in [3.63, 3.8) is 0 Å². The van der Waals surface area contributed by atoms with E-state index >= 15 is 0 Å². The highest BCUT2D eigenvalue weighted by Crippen LogP contribution is 2.28. The average molecular weight is 281 g/mol. The molecule has 96 valence electrons. The van der Waals surface area contributed by atoms with Crippen LogP contribution in [0.3, 0.4) is 0 Å². The maximum absolute atomic E-state index is 6.08. The molecule has 2 rings (SSSR count). The van der Waals surface area contributed by atoms with Crippen molar-refractivity contribution in [1.29, 1.82) is 0 Å². The first-order valence-electron chi connectivity index (χ1n) is 6.12. The lowest BCUT2D eigenvalue weighted by atomic mass is 10.1. The first-order valence-corrected chi connectivity index (χ1v) is 7.31. The number of thiazole rings is 1. The van der Waals surface area contributed by atoms with Gasteiger partial charge in [-0.1, -0.05) is 30.7 Å². The lowest BCUT2D eigenvalue weighted by Crippen LogP contribution is -2.22. The number of nitrogens with one attached hydrogen (secondary N) is 1. The largest absolute Gasteiger partial charge is 0.306 e. The molecule has 0 fully saturated rings. The Balaban J connectivity index is 2.30. The van der Waals surface area contributed by atoms with Crippen molar-refractivity contribution in [3.8, 4) is 0 Å². The smallest absolute Gasteiger partial charge is 0.0897 e. The molecule has 1 heterocycles. The molecule has 1 aromatic heterocycles. The number of benzene rings is 1. The van der Waals surface area contributed by atoms with Crippen molar-refractivity contribution in [1.82, 2.24) is 10.3 Å². The van der Waals surface area contributed by atoms with Crippen molar-refractivity contribution >= 4 is 22.9 Å². The van der Waals surface area contributed by atoms with Crippen molar-refractivity contribution in [3.05, 3.63) is 50.9 Å². The van der Waals surface area contributed by atoms with Gasteiger partial charge in [-0.2, -0.15) is 0 Å². The molecule has 0 aliphatic carbocycles. The van der Waals surface area contributed by atoms with Gasteiger partial charge in [0.1, 0.15) is 0 Å². The summed E-state index contributed by atoms with van der Waals surface area (Å²) in [6, 6.07) is 8.21. The Labute approximate surface area is 117 Å². The predicted octanol–water partition coefficient (Wildman–Crippen LogP) is 4.19. The van der Waals surface area contributed by atoms with Crippen LogP contribution < -0.4 is 5.32 Å². The van der Waals surface area contributed by atoms with Crippen LogP contribution >= 0.6 is 22.9 Å². The molecule has 0 saturated carbocycles. The minimum Gasteiger partial charge on any atom is -0.306 e. The lowest BCUT2D eigenvalue weighted by Gasteiger charge is -2.17. The predicted molar refractivity (Wildman–Crippen MR) is 78.4 cm³/mol. The zero-order valence-electron chi connectivity index (χ0n) is 10.6. The zero-order valence-corrected chi connectivity index (χ0v) is 12.2. The van der Waals surface area contributed by atoms with Crippen LogP contribution in [0.2, 0.25) is 5.02 Å². The molecule has 1 N–H and O–H groups in total. The SMILES string of the molecule is CCCNC(c1cccc(Cl)c1)c1cnc(C)s1. The van der Waals surface area contributed by atoms with Gasteiger partial charge in [0, 0.05) is 16.1 Å². The van der Waals surface area contributed by atoms with Crippen LogP contribution in [-0.2, 0) is 0 Å². The summed E-state index contributed by atoms with van der Waals surface area (Å²) in [5.41, 5.74) is 1.19. The third kappa shape index (κ3) is 3.31. The summed E-state index contributed by atoms with van der Waals surface area (Å²) >= 11 is 7.81. The number of halogens is 1. The van der Waals surface area contributed by atoms with Crippen LogP contribution in [0.5, 0.6) is 0 Å². The Hall–Kier alpha value is -0.900. The number of aromatic nitrogens is 1. The normalized spacial score (nSPS) is 12.6. The standard InChI is InChI=1S/C14H17ClN2S/c1-3-7-16-14(13-9-17-10(2)18-13)11-5-4-6-12(15)8-11/h4-6,8-9,14,16H,3,7H2,1-2H3. The lowest BCUT2D eigenvalue weighted by molar-refractivity contribution is 0.605. The van der Waals surface area contributed by atoms with Gasteiger partial charge in [-0.3, -0.25) is 0 Å². The molecule has 0 saturated heterocycles. The van der Waals surface area contributed by atoms with E-state index < -0.39 is 0 Å². The quantitative estimate of drug-likeness (QED) is 0.888. The summed E-state index contributed by atoms with van der Waals surface area (Å²) in [6.07, 6.45) is 3.06. The van der Waals surface area contributed by atoms with Gasteiger partial charge in [-0.25, -0.2) is 4.98 Å². The highest BCUT2D eigenvalue weighted by Gasteiger charge is 2.15. The summed E-state index contributed by atoms with van der Waals surface area (Å²) in [7, 11) is 0. The first kappa shape index (κ1) is 13.5. The van der Waals surface area contributed by atoms with Crippen molar-refractivity contribution < 1.29 is 0 Å². The van der Waals surface area contributed by atoms with E-state index in [2.05, 4.69) is 23.3 Å². The van der Waals surface area contributed by atoms with E-state index in [4.69, 9.17) is 11.6 Å². The van der Waals surface area contributed by atoms with Crippen LogP contribution in [0.15, 0.2) is 30.5 Å². The van der Waals surface area contributed by atoms with E-state index in [0.29, 0.717) is 0 Å². The molecule has 1 unspecified atom stereocenters. The molecular formula is C14H17ClN2S. The van der Waals surface area contributed by atoms with E-state index in [0.717, 1.165) is 23.0 Å². The number of nitrogens with zero attached hydrogens (tertiary/aromatic N) is 1. The Morgan fingerprint density at radius 2 is 2.28 bits per heavy atom. The van der Waals surface area contributed by atoms with Crippen molar-refractivity contribution in [2.24, 2.45) is 0 Å². The van der Waals surface area contributed by atoms with Crippen LogP contribution in [-0.4, -0.2) is 11.5 Å². The van der Waals surface area contributed by atoms with Gasteiger partial charge in [0.05, 0.1) is 11.0 Å². The van der Waals surface area contributed by atoms with Gasteiger partial charge in [0.15, 0.2) is 0 Å². The highest BCUT2D eigenvalue weighted by molar-refractivity contribution is 7.11. The summed E-state index contributed by atoms with van der Waals surface area (Å²) < 4.78 is 0. The zero-order chi connectivity index (χ0) is 13.0. The van der Waals surface area contributed by atoms with Gasteiger partial charge in [-0.15, -0.1) is 11.3 Å². The van der Waals surface area contributed by atoms with E-state index in [1.54, 1.807) is 11.3 Å². The molecule has 2 nitrogen and oxygen atoms in total. The van der Waals surface area contributed by atoms with Gasteiger partial charge >= 0.3 is 0 Å². The van der Waals surface area contributed by atoms with Crippen LogP contribution in [0.25, 0.3) is 0 Å². The molecule has 4 heteroatoms. The molecular weight excluding hydrogens is 264 g/mol. The Bertz CT molecular complexity index is 510. The Kier molecular flexibility index (Phi) is 4.75. The minimum absolute atomic E-state index is 0.190. The molecule has 0 amide bonds. The minimum atomic E-state index is 0.190. The van der Waals surface area contributed by atoms with Crippen LogP contribution in [0, 0.1) is 6.92 Å². The van der Waals surface area contributed by atoms with Gasteiger partial charge in [-0.05, 0) is 37.6 Å². The fourth-order valence-corrected chi connectivity index (χ4v) is 2.96. The van der Waals surface area contributed by atoms with Crippen molar-refractivity contribution in [2.75, 3.05) is 6.54 Å². The van der Waals surface area contributed by atoms with E-state index in [-0.39, 0.29) is 6.04 Å². The third-order valence-electron chi connectivity index (χ3n) is 2.70. The van der Waals surface area contributed by atoms with Crippen molar-refractivity contribution in [2.45, 2.75) is 26.3 Å². The molecule has 0 bridgehead atoms. The Morgan fingerprint density at radius 3 is 2.89 bits per heavy atom. The average Bonchev–Trinajstić information content (AvgIpc) is 2.76. The second kappa shape index (κ2) is 6.32. The summed E-state index contributed by atoms with van der Waals surface area (Å²) in [5, 5.41) is 5.42. The van der Waals surface area contributed by atoms with Crippen LogP contribution in [0.4, 0.5) is 0 Å². The van der Waals surface area contributed by atoms with E-state index in [1.165, 1.54) is 10.4 Å². The summed E-state index contributed by atoms with van der Waals surface area (Å²) in [5.74, 6) is 0. The molecule has 0 radical (unpaired) electrons. The first-order chi connectivity index (χ1) is 8.70. The highest BCUT2D eigenvalue weighted by atomic mass is 35.5. The third-order valence-corrected chi connectivity index (χ3v) is 3.92. The molecule has 1 aromatic carbocycles. The maximum Gasteiger partial charge on any atom is 0.0897 e. The molecule has 0 spiro atoms. The van der Waals surface area contributed by atoms with E-state index in [1.807, 2.05) is 31.3 Å². The maximum atomic E-state index is 6.08. The number of hydrogen-bond acceptors (Lipinski definition) is 3.